The van der Waals surface area contributed by atoms with Crippen LogP contribution < -0.4 is 5.32 Å². The Morgan fingerprint density at radius 1 is 1.03 bits per heavy atom. The van der Waals surface area contributed by atoms with Crippen LogP contribution in [0.4, 0.5) is 0 Å². The van der Waals surface area contributed by atoms with Crippen LogP contribution in [0.3, 0.4) is 0 Å². The number of aromatic nitrogens is 3. The standard InChI is InChI=1S/C22H22N4O.2ClH/c1-2-6-16(7-3-1)21-22(20-12-17-8-4-5-9-19(17)25-20)26(15-24-21)14-18-13-23-10-11-27-18;;/h1-9,12,15,18,23,25H,10-11,13-14H2;2*1H. The van der Waals surface area contributed by atoms with E-state index in [0.717, 1.165) is 54.4 Å². The number of imidazole rings is 1. The maximum absolute atomic E-state index is 5.93. The van der Waals surface area contributed by atoms with Crippen LogP contribution in [0.15, 0.2) is 67.0 Å². The Morgan fingerprint density at radius 3 is 2.59 bits per heavy atom. The van der Waals surface area contributed by atoms with E-state index in [1.165, 1.54) is 5.39 Å². The molecule has 1 unspecified atom stereocenters. The fourth-order valence-corrected chi connectivity index (χ4v) is 3.77. The number of fused-ring (bicyclic) bond motifs is 1. The van der Waals surface area contributed by atoms with E-state index >= 15 is 0 Å². The van der Waals surface area contributed by atoms with Gasteiger partial charge < -0.3 is 19.6 Å². The maximum atomic E-state index is 5.93. The Hall–Kier alpha value is -2.31. The number of aromatic amines is 1. The van der Waals surface area contributed by atoms with Crippen molar-refractivity contribution in [3.63, 3.8) is 0 Å². The van der Waals surface area contributed by atoms with Gasteiger partial charge in [0.05, 0.1) is 42.7 Å². The van der Waals surface area contributed by atoms with Crippen LogP contribution >= 0.6 is 24.8 Å². The SMILES string of the molecule is Cl.Cl.c1ccc(-c2ncn(CC3CNCCO3)c2-c2cc3ccccc3[nH]2)cc1. The topological polar surface area (TPSA) is 54.9 Å². The third-order valence-electron chi connectivity index (χ3n) is 5.07. The third-order valence-corrected chi connectivity index (χ3v) is 5.07. The van der Waals surface area contributed by atoms with Crippen molar-refractivity contribution in [1.82, 2.24) is 19.9 Å². The normalized spacial score (nSPS) is 16.2. The number of rotatable bonds is 4. The molecular formula is C22H24Cl2N4O. The minimum Gasteiger partial charge on any atom is -0.374 e. The monoisotopic (exact) mass is 430 g/mol. The van der Waals surface area contributed by atoms with Crippen molar-refractivity contribution < 1.29 is 4.74 Å². The molecular weight excluding hydrogens is 407 g/mol. The molecule has 2 N–H and O–H groups in total. The molecule has 5 rings (SSSR count). The molecule has 1 aliphatic rings. The molecule has 3 heterocycles. The molecule has 1 atom stereocenters. The lowest BCUT2D eigenvalue weighted by atomic mass is 10.1. The van der Waals surface area contributed by atoms with Gasteiger partial charge in [-0.05, 0) is 12.1 Å². The first-order valence-electron chi connectivity index (χ1n) is 9.39. The highest BCUT2D eigenvalue weighted by Gasteiger charge is 2.21. The predicted octanol–water partition coefficient (Wildman–Crippen LogP) is 4.53. The van der Waals surface area contributed by atoms with Gasteiger partial charge in [-0.15, -0.1) is 24.8 Å². The molecule has 152 valence electrons. The van der Waals surface area contributed by atoms with Crippen LogP contribution in [-0.2, 0) is 11.3 Å². The van der Waals surface area contributed by atoms with Gasteiger partial charge in [0.15, 0.2) is 0 Å². The quantitative estimate of drug-likeness (QED) is 0.499. The lowest BCUT2D eigenvalue weighted by Gasteiger charge is -2.24. The number of para-hydroxylation sites is 1. The average molecular weight is 431 g/mol. The van der Waals surface area contributed by atoms with E-state index in [-0.39, 0.29) is 30.9 Å². The highest BCUT2D eigenvalue weighted by molar-refractivity contribution is 5.88. The number of nitrogens with zero attached hydrogens (tertiary/aromatic N) is 2. The van der Waals surface area contributed by atoms with Crippen LogP contribution in [-0.4, -0.2) is 40.3 Å². The van der Waals surface area contributed by atoms with E-state index < -0.39 is 0 Å². The third kappa shape index (κ3) is 4.33. The number of nitrogens with one attached hydrogen (secondary N) is 2. The van der Waals surface area contributed by atoms with Crippen molar-refractivity contribution in [1.29, 1.82) is 0 Å². The van der Waals surface area contributed by atoms with E-state index in [9.17, 15) is 0 Å². The van der Waals surface area contributed by atoms with Crippen molar-refractivity contribution >= 4 is 35.7 Å². The summed E-state index contributed by atoms with van der Waals surface area (Å²) < 4.78 is 8.14. The number of ether oxygens (including phenoxy) is 1. The van der Waals surface area contributed by atoms with Gasteiger partial charge in [-0.3, -0.25) is 0 Å². The van der Waals surface area contributed by atoms with Crippen LogP contribution in [0, 0.1) is 0 Å². The summed E-state index contributed by atoms with van der Waals surface area (Å²) in [5, 5.41) is 4.61. The summed E-state index contributed by atoms with van der Waals surface area (Å²) in [7, 11) is 0. The van der Waals surface area contributed by atoms with E-state index in [1.807, 2.05) is 12.4 Å². The fraction of sp³-hybridized carbons (Fsp3) is 0.227. The summed E-state index contributed by atoms with van der Waals surface area (Å²) in [6.07, 6.45) is 2.08. The summed E-state index contributed by atoms with van der Waals surface area (Å²) >= 11 is 0. The summed E-state index contributed by atoms with van der Waals surface area (Å²) in [5.74, 6) is 0. The molecule has 29 heavy (non-hydrogen) atoms. The molecule has 0 aliphatic carbocycles. The van der Waals surface area contributed by atoms with Crippen LogP contribution in [0.25, 0.3) is 33.5 Å². The number of hydrogen-bond acceptors (Lipinski definition) is 3. The minimum atomic E-state index is 0. The summed E-state index contributed by atoms with van der Waals surface area (Å²) in [6, 6.07) is 20.9. The van der Waals surface area contributed by atoms with E-state index in [2.05, 4.69) is 69.5 Å². The first-order chi connectivity index (χ1) is 13.4. The first-order valence-corrected chi connectivity index (χ1v) is 9.39. The van der Waals surface area contributed by atoms with E-state index in [4.69, 9.17) is 9.72 Å². The van der Waals surface area contributed by atoms with Crippen LogP contribution in [0.1, 0.15) is 0 Å². The number of halogens is 2. The maximum Gasteiger partial charge on any atom is 0.0978 e. The fourth-order valence-electron chi connectivity index (χ4n) is 3.77. The summed E-state index contributed by atoms with van der Waals surface area (Å²) in [5.41, 5.74) is 5.43. The van der Waals surface area contributed by atoms with Gasteiger partial charge in [0.1, 0.15) is 0 Å². The number of hydrogen-bond donors (Lipinski definition) is 2. The largest absolute Gasteiger partial charge is 0.374 e. The predicted molar refractivity (Wildman–Crippen MR) is 122 cm³/mol. The van der Waals surface area contributed by atoms with Gasteiger partial charge in [0, 0.05) is 29.6 Å². The molecule has 0 bridgehead atoms. The molecule has 0 saturated carbocycles. The smallest absolute Gasteiger partial charge is 0.0978 e. The molecule has 1 fully saturated rings. The van der Waals surface area contributed by atoms with Crippen molar-refractivity contribution in [2.45, 2.75) is 12.6 Å². The molecule has 0 spiro atoms. The summed E-state index contributed by atoms with van der Waals surface area (Å²) in [6.45, 7) is 3.32. The first kappa shape index (κ1) is 21.4. The van der Waals surface area contributed by atoms with Crippen molar-refractivity contribution in [2.75, 3.05) is 19.7 Å². The molecule has 2 aromatic heterocycles. The van der Waals surface area contributed by atoms with Gasteiger partial charge >= 0.3 is 0 Å². The Kier molecular flexibility index (Phi) is 6.98. The van der Waals surface area contributed by atoms with E-state index in [0.29, 0.717) is 0 Å². The highest BCUT2D eigenvalue weighted by Crippen LogP contribution is 2.33. The lowest BCUT2D eigenvalue weighted by Crippen LogP contribution is -2.40. The number of H-pyrrole nitrogens is 1. The van der Waals surface area contributed by atoms with Gasteiger partial charge in [-0.1, -0.05) is 48.5 Å². The van der Waals surface area contributed by atoms with Crippen molar-refractivity contribution in [3.8, 4) is 22.6 Å². The van der Waals surface area contributed by atoms with Crippen molar-refractivity contribution in [2.24, 2.45) is 0 Å². The molecule has 7 heteroatoms. The minimum absolute atomic E-state index is 0. The molecule has 0 amide bonds. The molecule has 1 aliphatic heterocycles. The molecule has 2 aromatic carbocycles. The number of morpholine rings is 1. The van der Waals surface area contributed by atoms with Crippen LogP contribution in [0.2, 0.25) is 0 Å². The number of benzene rings is 2. The Bertz CT molecular complexity index is 1020. The van der Waals surface area contributed by atoms with Gasteiger partial charge in [0.25, 0.3) is 0 Å². The van der Waals surface area contributed by atoms with Crippen molar-refractivity contribution in [3.05, 3.63) is 67.0 Å². The lowest BCUT2D eigenvalue weighted by molar-refractivity contribution is 0.0184. The van der Waals surface area contributed by atoms with Gasteiger partial charge in [0.2, 0.25) is 0 Å². The molecule has 0 radical (unpaired) electrons. The van der Waals surface area contributed by atoms with Gasteiger partial charge in [-0.25, -0.2) is 4.98 Å². The molecule has 1 saturated heterocycles. The molecule has 5 nitrogen and oxygen atoms in total. The highest BCUT2D eigenvalue weighted by atomic mass is 35.5. The second-order valence-corrected chi connectivity index (χ2v) is 6.93. The second kappa shape index (κ2) is 9.46. The average Bonchev–Trinajstić information content (AvgIpc) is 3.33. The van der Waals surface area contributed by atoms with Gasteiger partial charge in [-0.2, -0.15) is 0 Å². The second-order valence-electron chi connectivity index (χ2n) is 6.93. The van der Waals surface area contributed by atoms with E-state index in [1.54, 1.807) is 0 Å². The Balaban J connectivity index is 0.00000120. The zero-order chi connectivity index (χ0) is 18.1. The summed E-state index contributed by atoms with van der Waals surface area (Å²) in [4.78, 5) is 8.33. The van der Waals surface area contributed by atoms with Crippen LogP contribution in [0.5, 0.6) is 0 Å². The zero-order valence-electron chi connectivity index (χ0n) is 15.9. The zero-order valence-corrected chi connectivity index (χ0v) is 17.5. The Labute approximate surface area is 182 Å². The molecule has 4 aromatic rings. The Morgan fingerprint density at radius 2 is 1.83 bits per heavy atom.